The molecule has 0 unspecified atom stereocenters. The second-order valence-electron chi connectivity index (χ2n) is 7.57. The molecule has 0 radical (unpaired) electrons. The van der Waals surface area contributed by atoms with E-state index in [2.05, 4.69) is 15.3 Å². The molecular weight excluding hydrogens is 416 g/mol. The minimum absolute atomic E-state index is 0.0865. The van der Waals surface area contributed by atoms with Crippen LogP contribution in [0.2, 0.25) is 0 Å². The molecule has 0 atom stereocenters. The van der Waals surface area contributed by atoms with Crippen LogP contribution in [0.1, 0.15) is 23.4 Å². The Morgan fingerprint density at radius 1 is 1.06 bits per heavy atom. The number of carboxylic acids is 1. The maximum Gasteiger partial charge on any atom is 0.303 e. The van der Waals surface area contributed by atoms with Crippen molar-refractivity contribution in [2.24, 2.45) is 0 Å². The maximum absolute atomic E-state index is 13.4. The average molecular weight is 441 g/mol. The summed E-state index contributed by atoms with van der Waals surface area (Å²) >= 11 is 0. The van der Waals surface area contributed by atoms with Gasteiger partial charge in [0.15, 0.2) is 0 Å². The molecule has 0 fully saturated rings. The number of hydrogen-bond donors (Lipinski definition) is 2. The Balaban J connectivity index is 1.63. The lowest BCUT2D eigenvalue weighted by atomic mass is 10.1. The van der Waals surface area contributed by atoms with Gasteiger partial charge in [0.05, 0.1) is 23.9 Å². The van der Waals surface area contributed by atoms with Gasteiger partial charge < -0.3 is 10.4 Å². The van der Waals surface area contributed by atoms with Gasteiger partial charge in [-0.15, -0.1) is 0 Å². The fraction of sp³-hybridized carbons (Fsp3) is 0.154. The van der Waals surface area contributed by atoms with Gasteiger partial charge in [0.25, 0.3) is 5.56 Å². The SMILES string of the molecule is O=C(O)CCc1nc2ccc(C=CCNc3ccccn3)cc2c(=O)n1Cc1ccccc1. The third kappa shape index (κ3) is 5.71. The highest BCUT2D eigenvalue weighted by Crippen LogP contribution is 2.15. The number of aromatic nitrogens is 3. The average Bonchev–Trinajstić information content (AvgIpc) is 2.84. The number of benzene rings is 2. The minimum atomic E-state index is -0.921. The first-order valence-corrected chi connectivity index (χ1v) is 10.7. The molecule has 33 heavy (non-hydrogen) atoms. The molecule has 0 aliphatic carbocycles. The summed E-state index contributed by atoms with van der Waals surface area (Å²) in [6.07, 6.45) is 5.74. The first-order valence-electron chi connectivity index (χ1n) is 10.7. The van der Waals surface area contributed by atoms with E-state index in [0.717, 1.165) is 16.9 Å². The highest BCUT2D eigenvalue weighted by atomic mass is 16.4. The van der Waals surface area contributed by atoms with Crippen molar-refractivity contribution in [1.82, 2.24) is 14.5 Å². The van der Waals surface area contributed by atoms with Gasteiger partial charge in [-0.3, -0.25) is 14.2 Å². The van der Waals surface area contributed by atoms with Gasteiger partial charge in [0.2, 0.25) is 0 Å². The van der Waals surface area contributed by atoms with Crippen molar-refractivity contribution < 1.29 is 9.90 Å². The van der Waals surface area contributed by atoms with Crippen LogP contribution in [-0.2, 0) is 17.8 Å². The van der Waals surface area contributed by atoms with Crippen LogP contribution in [-0.4, -0.2) is 32.2 Å². The van der Waals surface area contributed by atoms with Crippen molar-refractivity contribution in [3.63, 3.8) is 0 Å². The first-order chi connectivity index (χ1) is 16.1. The molecule has 4 rings (SSSR count). The van der Waals surface area contributed by atoms with Crippen molar-refractivity contribution >= 4 is 28.8 Å². The van der Waals surface area contributed by atoms with E-state index >= 15 is 0 Å². The summed E-state index contributed by atoms with van der Waals surface area (Å²) in [7, 11) is 0. The lowest BCUT2D eigenvalue weighted by Gasteiger charge is -2.13. The predicted molar refractivity (Wildman–Crippen MR) is 129 cm³/mol. The summed E-state index contributed by atoms with van der Waals surface area (Å²) in [4.78, 5) is 33.4. The molecule has 0 saturated heterocycles. The predicted octanol–water partition coefficient (Wildman–Crippen LogP) is 3.98. The number of anilines is 1. The van der Waals surface area contributed by atoms with E-state index in [1.54, 1.807) is 16.8 Å². The van der Waals surface area contributed by atoms with Gasteiger partial charge in [-0.2, -0.15) is 0 Å². The number of aliphatic carboxylic acids is 1. The monoisotopic (exact) mass is 440 g/mol. The molecule has 0 aliphatic rings. The lowest BCUT2D eigenvalue weighted by molar-refractivity contribution is -0.137. The molecule has 7 nitrogen and oxygen atoms in total. The van der Waals surface area contributed by atoms with E-state index in [4.69, 9.17) is 5.11 Å². The Morgan fingerprint density at radius 2 is 1.88 bits per heavy atom. The fourth-order valence-electron chi connectivity index (χ4n) is 3.55. The first kappa shape index (κ1) is 22.0. The number of carboxylic acid groups (broad SMARTS) is 1. The van der Waals surface area contributed by atoms with Gasteiger partial charge in [-0.25, -0.2) is 9.97 Å². The molecule has 0 bridgehead atoms. The highest BCUT2D eigenvalue weighted by Gasteiger charge is 2.13. The van der Waals surface area contributed by atoms with E-state index < -0.39 is 5.97 Å². The molecule has 4 aromatic rings. The van der Waals surface area contributed by atoms with Gasteiger partial charge in [0.1, 0.15) is 11.6 Å². The van der Waals surface area contributed by atoms with E-state index in [1.807, 2.05) is 72.8 Å². The summed E-state index contributed by atoms with van der Waals surface area (Å²) in [6.45, 7) is 0.936. The summed E-state index contributed by atoms with van der Waals surface area (Å²) in [5.74, 6) is 0.347. The third-order valence-electron chi connectivity index (χ3n) is 5.18. The molecule has 0 amide bonds. The Morgan fingerprint density at radius 3 is 2.64 bits per heavy atom. The zero-order valence-corrected chi connectivity index (χ0v) is 18.0. The number of nitrogens with one attached hydrogen (secondary N) is 1. The van der Waals surface area contributed by atoms with Crippen LogP contribution >= 0.6 is 0 Å². The van der Waals surface area contributed by atoms with Crippen LogP contribution in [0.25, 0.3) is 17.0 Å². The largest absolute Gasteiger partial charge is 0.481 e. The molecule has 0 spiro atoms. The Labute approximate surface area is 191 Å². The molecule has 2 aromatic carbocycles. The molecule has 0 aliphatic heterocycles. The van der Waals surface area contributed by atoms with Gasteiger partial charge in [0, 0.05) is 19.2 Å². The molecule has 2 heterocycles. The van der Waals surface area contributed by atoms with E-state index in [9.17, 15) is 9.59 Å². The molecule has 0 saturated carbocycles. The van der Waals surface area contributed by atoms with Gasteiger partial charge in [-0.1, -0.05) is 54.6 Å². The second-order valence-corrected chi connectivity index (χ2v) is 7.57. The van der Waals surface area contributed by atoms with Crippen molar-refractivity contribution in [3.8, 4) is 0 Å². The van der Waals surface area contributed by atoms with Crippen LogP contribution in [0.15, 0.2) is 83.8 Å². The van der Waals surface area contributed by atoms with Crippen LogP contribution in [0, 0.1) is 0 Å². The van der Waals surface area contributed by atoms with Crippen molar-refractivity contribution in [3.05, 3.63) is 106 Å². The summed E-state index contributed by atoms with van der Waals surface area (Å²) in [6, 6.07) is 20.8. The molecule has 2 aromatic heterocycles. The molecule has 7 heteroatoms. The molecular formula is C26H24N4O3. The maximum atomic E-state index is 13.4. The summed E-state index contributed by atoms with van der Waals surface area (Å²) in [5, 5.41) is 12.8. The standard InChI is InChI=1S/C26H24N4O3/c31-25(32)14-13-24-29-22-12-11-19(9-6-16-28-23-10-4-5-15-27-23)17-21(22)26(33)30(24)18-20-7-2-1-3-8-20/h1-12,15,17H,13-14,16,18H2,(H,27,28)(H,31,32). The Kier molecular flexibility index (Phi) is 6.90. The quantitative estimate of drug-likeness (QED) is 0.409. The number of rotatable bonds is 9. The number of carbonyl (C=O) groups is 1. The van der Waals surface area contributed by atoms with Crippen molar-refractivity contribution in [2.75, 3.05) is 11.9 Å². The highest BCUT2D eigenvalue weighted by molar-refractivity contribution is 5.80. The number of nitrogens with zero attached hydrogens (tertiary/aromatic N) is 3. The fourth-order valence-corrected chi connectivity index (χ4v) is 3.55. The summed E-state index contributed by atoms with van der Waals surface area (Å²) < 4.78 is 1.58. The van der Waals surface area contributed by atoms with Crippen molar-refractivity contribution in [2.45, 2.75) is 19.4 Å². The van der Waals surface area contributed by atoms with Gasteiger partial charge in [-0.05, 0) is 35.4 Å². The zero-order valence-electron chi connectivity index (χ0n) is 18.0. The van der Waals surface area contributed by atoms with Crippen LogP contribution in [0.4, 0.5) is 5.82 Å². The minimum Gasteiger partial charge on any atom is -0.481 e. The van der Waals surface area contributed by atoms with Crippen LogP contribution in [0.3, 0.4) is 0 Å². The van der Waals surface area contributed by atoms with Crippen molar-refractivity contribution in [1.29, 1.82) is 0 Å². The number of hydrogen-bond acceptors (Lipinski definition) is 5. The normalized spacial score (nSPS) is 11.2. The second kappa shape index (κ2) is 10.4. The smallest absolute Gasteiger partial charge is 0.303 e. The number of aryl methyl sites for hydroxylation is 1. The van der Waals surface area contributed by atoms with Crippen LogP contribution < -0.4 is 10.9 Å². The topological polar surface area (TPSA) is 97.1 Å². The Bertz CT molecular complexity index is 1330. The molecule has 166 valence electrons. The van der Waals surface area contributed by atoms with E-state index in [0.29, 0.717) is 29.8 Å². The van der Waals surface area contributed by atoms with Gasteiger partial charge >= 0.3 is 5.97 Å². The van der Waals surface area contributed by atoms with E-state index in [-0.39, 0.29) is 18.4 Å². The number of fused-ring (bicyclic) bond motifs is 1. The lowest BCUT2D eigenvalue weighted by Crippen LogP contribution is -2.26. The zero-order chi connectivity index (χ0) is 23.0. The Hall–Kier alpha value is -4.26. The van der Waals surface area contributed by atoms with E-state index in [1.165, 1.54) is 0 Å². The molecule has 2 N–H and O–H groups in total. The third-order valence-corrected chi connectivity index (χ3v) is 5.18. The number of pyridine rings is 1. The summed E-state index contributed by atoms with van der Waals surface area (Å²) in [5.41, 5.74) is 2.22. The van der Waals surface area contributed by atoms with Crippen LogP contribution in [0.5, 0.6) is 0 Å².